The first kappa shape index (κ1) is 14.8. The molecule has 0 radical (unpaired) electrons. The van der Waals surface area contributed by atoms with E-state index < -0.39 is 0 Å². The van der Waals surface area contributed by atoms with Crippen LogP contribution in [-0.2, 0) is 13.0 Å². The SMILES string of the molecule is CCc1cccc(NC(=S)NCc2ccccc2Cl)c1. The van der Waals surface area contributed by atoms with E-state index >= 15 is 0 Å². The number of aryl methyl sites for hydroxylation is 1. The van der Waals surface area contributed by atoms with Crippen LogP contribution >= 0.6 is 23.8 Å². The van der Waals surface area contributed by atoms with E-state index in [9.17, 15) is 0 Å². The minimum Gasteiger partial charge on any atom is -0.358 e. The van der Waals surface area contributed by atoms with E-state index in [-0.39, 0.29) is 0 Å². The zero-order chi connectivity index (χ0) is 14.4. The zero-order valence-corrected chi connectivity index (χ0v) is 12.9. The highest BCUT2D eigenvalue weighted by molar-refractivity contribution is 7.80. The van der Waals surface area contributed by atoms with Gasteiger partial charge in [0.15, 0.2) is 5.11 Å². The monoisotopic (exact) mass is 304 g/mol. The lowest BCUT2D eigenvalue weighted by Crippen LogP contribution is -2.28. The van der Waals surface area contributed by atoms with Crippen LogP contribution < -0.4 is 10.6 Å². The van der Waals surface area contributed by atoms with Crippen molar-refractivity contribution in [1.82, 2.24) is 5.32 Å². The minimum atomic E-state index is 0.596. The van der Waals surface area contributed by atoms with Crippen LogP contribution in [-0.4, -0.2) is 5.11 Å². The molecule has 0 bridgehead atoms. The maximum atomic E-state index is 6.10. The predicted octanol–water partition coefficient (Wildman–Crippen LogP) is 4.39. The maximum Gasteiger partial charge on any atom is 0.171 e. The molecule has 0 saturated heterocycles. The molecule has 0 amide bonds. The number of thiocarbonyl (C=S) groups is 1. The van der Waals surface area contributed by atoms with E-state index in [1.807, 2.05) is 36.4 Å². The third-order valence-corrected chi connectivity index (χ3v) is 3.61. The molecule has 4 heteroatoms. The van der Waals surface area contributed by atoms with Crippen LogP contribution in [0.5, 0.6) is 0 Å². The van der Waals surface area contributed by atoms with Crippen LogP contribution in [0, 0.1) is 0 Å². The molecule has 0 spiro atoms. The Balaban J connectivity index is 1.91. The zero-order valence-electron chi connectivity index (χ0n) is 11.3. The van der Waals surface area contributed by atoms with Crippen molar-refractivity contribution < 1.29 is 0 Å². The Hall–Kier alpha value is -1.58. The minimum absolute atomic E-state index is 0.596. The summed E-state index contributed by atoms with van der Waals surface area (Å²) in [7, 11) is 0. The summed E-state index contributed by atoms with van der Waals surface area (Å²) in [6, 6.07) is 16.0. The number of nitrogens with one attached hydrogen (secondary N) is 2. The van der Waals surface area contributed by atoms with Crippen molar-refractivity contribution in [1.29, 1.82) is 0 Å². The van der Waals surface area contributed by atoms with Gasteiger partial charge in [0.25, 0.3) is 0 Å². The molecule has 2 rings (SSSR count). The lowest BCUT2D eigenvalue weighted by Gasteiger charge is -2.12. The highest BCUT2D eigenvalue weighted by Gasteiger charge is 2.01. The maximum absolute atomic E-state index is 6.10. The largest absolute Gasteiger partial charge is 0.358 e. The second kappa shape index (κ2) is 7.27. The molecule has 0 aliphatic carbocycles. The highest BCUT2D eigenvalue weighted by Crippen LogP contribution is 2.15. The van der Waals surface area contributed by atoms with Crippen molar-refractivity contribution >= 4 is 34.6 Å². The summed E-state index contributed by atoms with van der Waals surface area (Å²) in [4.78, 5) is 0. The van der Waals surface area contributed by atoms with Gasteiger partial charge in [0.2, 0.25) is 0 Å². The molecule has 2 nitrogen and oxygen atoms in total. The normalized spacial score (nSPS) is 10.1. The van der Waals surface area contributed by atoms with E-state index in [1.165, 1.54) is 5.56 Å². The number of rotatable bonds is 4. The van der Waals surface area contributed by atoms with Crippen molar-refractivity contribution in [2.75, 3.05) is 5.32 Å². The van der Waals surface area contributed by atoms with Gasteiger partial charge in [-0.05, 0) is 48.0 Å². The van der Waals surface area contributed by atoms with Gasteiger partial charge < -0.3 is 10.6 Å². The Bertz CT molecular complexity index is 599. The average Bonchev–Trinajstić information content (AvgIpc) is 2.46. The summed E-state index contributed by atoms with van der Waals surface area (Å²) in [6.07, 6.45) is 1.01. The van der Waals surface area contributed by atoms with Gasteiger partial charge >= 0.3 is 0 Å². The van der Waals surface area contributed by atoms with E-state index in [4.69, 9.17) is 23.8 Å². The fourth-order valence-corrected chi connectivity index (χ4v) is 2.25. The number of halogens is 1. The van der Waals surface area contributed by atoms with E-state index in [1.54, 1.807) is 0 Å². The summed E-state index contributed by atoms with van der Waals surface area (Å²) < 4.78 is 0. The molecule has 0 heterocycles. The number of benzene rings is 2. The summed E-state index contributed by atoms with van der Waals surface area (Å²) in [6.45, 7) is 2.74. The topological polar surface area (TPSA) is 24.1 Å². The Kier molecular flexibility index (Phi) is 5.39. The molecule has 0 saturated carbocycles. The lowest BCUT2D eigenvalue weighted by molar-refractivity contribution is 0.926. The highest BCUT2D eigenvalue weighted by atomic mass is 35.5. The van der Waals surface area contributed by atoms with Gasteiger partial charge in [0.1, 0.15) is 0 Å². The number of anilines is 1. The summed E-state index contributed by atoms with van der Waals surface area (Å²) in [5, 5.41) is 7.69. The van der Waals surface area contributed by atoms with Crippen LogP contribution in [0.2, 0.25) is 5.02 Å². The first-order valence-electron chi connectivity index (χ1n) is 6.56. The first-order valence-corrected chi connectivity index (χ1v) is 7.35. The molecule has 0 fully saturated rings. The van der Waals surface area contributed by atoms with E-state index in [0.717, 1.165) is 22.7 Å². The van der Waals surface area contributed by atoms with Gasteiger partial charge in [0, 0.05) is 17.3 Å². The van der Waals surface area contributed by atoms with Crippen LogP contribution in [0.1, 0.15) is 18.1 Å². The van der Waals surface area contributed by atoms with Crippen molar-refractivity contribution in [3.63, 3.8) is 0 Å². The third kappa shape index (κ3) is 4.22. The second-order valence-corrected chi connectivity index (χ2v) is 5.27. The van der Waals surface area contributed by atoms with Crippen molar-refractivity contribution in [2.24, 2.45) is 0 Å². The molecule has 0 unspecified atom stereocenters. The summed E-state index contributed by atoms with van der Waals surface area (Å²) >= 11 is 11.4. The Labute approximate surface area is 130 Å². The van der Waals surface area contributed by atoms with Crippen LogP contribution in [0.4, 0.5) is 5.69 Å². The number of hydrogen-bond acceptors (Lipinski definition) is 1. The Morgan fingerprint density at radius 2 is 1.95 bits per heavy atom. The summed E-state index contributed by atoms with van der Waals surface area (Å²) in [5.41, 5.74) is 3.31. The average molecular weight is 305 g/mol. The van der Waals surface area contributed by atoms with Crippen molar-refractivity contribution in [2.45, 2.75) is 19.9 Å². The van der Waals surface area contributed by atoms with Gasteiger partial charge in [0.05, 0.1) is 0 Å². The molecule has 2 aromatic carbocycles. The van der Waals surface area contributed by atoms with Crippen LogP contribution in [0.25, 0.3) is 0 Å². The smallest absolute Gasteiger partial charge is 0.171 e. The van der Waals surface area contributed by atoms with Gasteiger partial charge in [-0.1, -0.05) is 48.9 Å². The predicted molar refractivity (Wildman–Crippen MR) is 90.3 cm³/mol. The van der Waals surface area contributed by atoms with Crippen LogP contribution in [0.15, 0.2) is 48.5 Å². The molecule has 0 atom stereocenters. The quantitative estimate of drug-likeness (QED) is 0.819. The molecule has 2 N–H and O–H groups in total. The van der Waals surface area contributed by atoms with Gasteiger partial charge in [-0.15, -0.1) is 0 Å². The van der Waals surface area contributed by atoms with Gasteiger partial charge in [-0.2, -0.15) is 0 Å². The fraction of sp³-hybridized carbons (Fsp3) is 0.188. The third-order valence-electron chi connectivity index (χ3n) is 2.99. The second-order valence-electron chi connectivity index (χ2n) is 4.45. The van der Waals surface area contributed by atoms with Crippen LogP contribution in [0.3, 0.4) is 0 Å². The molecular formula is C16H17ClN2S. The molecule has 104 valence electrons. The lowest BCUT2D eigenvalue weighted by atomic mass is 10.1. The molecular weight excluding hydrogens is 288 g/mol. The van der Waals surface area contributed by atoms with Gasteiger partial charge in [-0.25, -0.2) is 0 Å². The van der Waals surface area contributed by atoms with Gasteiger partial charge in [-0.3, -0.25) is 0 Å². The van der Waals surface area contributed by atoms with Crippen molar-refractivity contribution in [3.05, 3.63) is 64.7 Å². The van der Waals surface area contributed by atoms with E-state index in [2.05, 4.69) is 29.7 Å². The standard InChI is InChI=1S/C16H17ClN2S/c1-2-12-6-5-8-14(10-12)19-16(20)18-11-13-7-3-4-9-15(13)17/h3-10H,2,11H2,1H3,(H2,18,19,20). The molecule has 20 heavy (non-hydrogen) atoms. The van der Waals surface area contributed by atoms with Crippen molar-refractivity contribution in [3.8, 4) is 0 Å². The molecule has 0 aromatic heterocycles. The molecule has 0 aliphatic rings. The molecule has 2 aromatic rings. The Morgan fingerprint density at radius 3 is 2.70 bits per heavy atom. The Morgan fingerprint density at radius 1 is 1.15 bits per heavy atom. The molecule has 0 aliphatic heterocycles. The van der Waals surface area contributed by atoms with E-state index in [0.29, 0.717) is 11.7 Å². The fourth-order valence-electron chi connectivity index (χ4n) is 1.86. The first-order chi connectivity index (χ1) is 9.69. The summed E-state index contributed by atoms with van der Waals surface area (Å²) in [5.74, 6) is 0. The number of hydrogen-bond donors (Lipinski definition) is 2.